The maximum absolute atomic E-state index is 9.70. The van der Waals surface area contributed by atoms with Crippen LogP contribution in [0.15, 0.2) is 12.5 Å². The second kappa shape index (κ2) is 4.16. The van der Waals surface area contributed by atoms with E-state index < -0.39 is 18.4 Å². The van der Waals surface area contributed by atoms with Gasteiger partial charge in [0.15, 0.2) is 11.9 Å². The Morgan fingerprint density at radius 3 is 3.06 bits per heavy atom. The first-order valence-electron chi connectivity index (χ1n) is 5.58. The molecule has 2 unspecified atom stereocenters. The molecule has 2 aromatic rings. The molecule has 3 heterocycles. The summed E-state index contributed by atoms with van der Waals surface area (Å²) in [5.74, 6) is 0.350. The zero-order chi connectivity index (χ0) is 12.7. The Balaban J connectivity index is 1.99. The number of nitrogens with two attached hydrogens (primary N) is 1. The molecule has 8 nitrogen and oxygen atoms in total. The van der Waals surface area contributed by atoms with Gasteiger partial charge in [0.25, 0.3) is 0 Å². The Bertz CT molecular complexity index is 572. The van der Waals surface area contributed by atoms with Crippen molar-refractivity contribution in [2.24, 2.45) is 0 Å². The average molecular weight is 251 g/mol. The van der Waals surface area contributed by atoms with Crippen molar-refractivity contribution in [3.8, 4) is 0 Å². The standard InChI is InChI=1S/C10H13N5O3/c11-9-5-2-14-15(10(5)13-4-12-9)8-1-6(17)7(3-16)18-8/h2,4,6-8,16-17H,1,3H2,(H2,11,12,13)/t6?,7?,8-/m1/s1. The third-order valence-corrected chi connectivity index (χ3v) is 3.08. The van der Waals surface area contributed by atoms with E-state index in [1.807, 2.05) is 0 Å². The lowest BCUT2D eigenvalue weighted by Crippen LogP contribution is -2.24. The second-order valence-electron chi connectivity index (χ2n) is 4.20. The number of nitrogens with zero attached hydrogens (tertiary/aromatic N) is 4. The number of nitrogen functional groups attached to an aromatic ring is 1. The molecule has 0 amide bonds. The van der Waals surface area contributed by atoms with E-state index in [-0.39, 0.29) is 6.61 Å². The van der Waals surface area contributed by atoms with E-state index in [0.29, 0.717) is 23.3 Å². The Labute approximate surface area is 102 Å². The van der Waals surface area contributed by atoms with Crippen LogP contribution in [0.25, 0.3) is 11.0 Å². The zero-order valence-corrected chi connectivity index (χ0v) is 9.47. The third kappa shape index (κ3) is 1.62. The molecule has 1 saturated heterocycles. The topological polar surface area (TPSA) is 119 Å². The highest BCUT2D eigenvalue weighted by Crippen LogP contribution is 2.30. The number of aliphatic hydroxyl groups is 2. The van der Waals surface area contributed by atoms with Crippen LogP contribution >= 0.6 is 0 Å². The van der Waals surface area contributed by atoms with Crippen molar-refractivity contribution in [1.29, 1.82) is 0 Å². The first-order valence-corrected chi connectivity index (χ1v) is 5.58. The highest BCUT2D eigenvalue weighted by Gasteiger charge is 2.35. The van der Waals surface area contributed by atoms with Crippen molar-refractivity contribution in [2.45, 2.75) is 24.9 Å². The summed E-state index contributed by atoms with van der Waals surface area (Å²) in [7, 11) is 0. The summed E-state index contributed by atoms with van der Waals surface area (Å²) in [5.41, 5.74) is 6.27. The van der Waals surface area contributed by atoms with Gasteiger partial charge in [0.1, 0.15) is 18.2 Å². The fourth-order valence-electron chi connectivity index (χ4n) is 2.12. The molecule has 0 spiro atoms. The van der Waals surface area contributed by atoms with Gasteiger partial charge in [-0.2, -0.15) is 5.10 Å². The van der Waals surface area contributed by atoms with Gasteiger partial charge < -0.3 is 20.7 Å². The molecule has 0 radical (unpaired) electrons. The molecule has 0 aromatic carbocycles. The molecule has 0 saturated carbocycles. The van der Waals surface area contributed by atoms with Crippen LogP contribution in [0.1, 0.15) is 12.6 Å². The SMILES string of the molecule is Nc1ncnc2c1cnn2[C@H]1CC(O)C(CO)O1. The number of anilines is 1. The molecular weight excluding hydrogens is 238 g/mol. The average Bonchev–Trinajstić information content (AvgIpc) is 2.93. The minimum Gasteiger partial charge on any atom is -0.394 e. The largest absolute Gasteiger partial charge is 0.394 e. The van der Waals surface area contributed by atoms with Gasteiger partial charge in [-0.05, 0) is 0 Å². The molecule has 0 aliphatic carbocycles. The Kier molecular flexibility index (Phi) is 2.62. The van der Waals surface area contributed by atoms with E-state index in [1.165, 1.54) is 6.33 Å². The number of aromatic nitrogens is 4. The molecule has 0 bridgehead atoms. The van der Waals surface area contributed by atoms with Crippen LogP contribution in [0.5, 0.6) is 0 Å². The smallest absolute Gasteiger partial charge is 0.165 e. The van der Waals surface area contributed by atoms with Gasteiger partial charge in [0, 0.05) is 6.42 Å². The minimum atomic E-state index is -0.710. The molecule has 1 fully saturated rings. The van der Waals surface area contributed by atoms with Crippen molar-refractivity contribution >= 4 is 16.9 Å². The van der Waals surface area contributed by atoms with E-state index in [0.717, 1.165) is 0 Å². The Hall–Kier alpha value is -1.77. The number of rotatable bonds is 2. The van der Waals surface area contributed by atoms with Crippen LogP contribution < -0.4 is 5.73 Å². The fourth-order valence-corrected chi connectivity index (χ4v) is 2.12. The van der Waals surface area contributed by atoms with Gasteiger partial charge in [0.05, 0.1) is 24.3 Å². The summed E-state index contributed by atoms with van der Waals surface area (Å²) >= 11 is 0. The molecule has 2 aromatic heterocycles. The van der Waals surface area contributed by atoms with Crippen molar-refractivity contribution in [3.63, 3.8) is 0 Å². The van der Waals surface area contributed by atoms with Gasteiger partial charge in [-0.15, -0.1) is 0 Å². The summed E-state index contributed by atoms with van der Waals surface area (Å²) in [6.07, 6.45) is 1.51. The molecule has 1 aliphatic rings. The molecule has 3 atom stereocenters. The Morgan fingerprint density at radius 1 is 1.50 bits per heavy atom. The van der Waals surface area contributed by atoms with Crippen molar-refractivity contribution in [2.75, 3.05) is 12.3 Å². The van der Waals surface area contributed by atoms with Gasteiger partial charge in [-0.3, -0.25) is 0 Å². The van der Waals surface area contributed by atoms with Gasteiger partial charge in [0.2, 0.25) is 0 Å². The molecule has 18 heavy (non-hydrogen) atoms. The lowest BCUT2D eigenvalue weighted by molar-refractivity contribution is -0.0470. The first-order chi connectivity index (χ1) is 8.70. The van der Waals surface area contributed by atoms with Crippen LogP contribution in [0.2, 0.25) is 0 Å². The van der Waals surface area contributed by atoms with Gasteiger partial charge in [-0.25, -0.2) is 14.6 Å². The summed E-state index contributed by atoms with van der Waals surface area (Å²) in [6, 6.07) is 0. The van der Waals surface area contributed by atoms with E-state index in [4.69, 9.17) is 15.6 Å². The predicted octanol–water partition coefficient (Wildman–Crippen LogP) is -0.951. The van der Waals surface area contributed by atoms with Crippen molar-refractivity contribution in [3.05, 3.63) is 12.5 Å². The number of hydrogen-bond donors (Lipinski definition) is 3. The van der Waals surface area contributed by atoms with Crippen LogP contribution in [-0.2, 0) is 4.74 Å². The summed E-state index contributed by atoms with van der Waals surface area (Å²) < 4.78 is 7.06. The summed E-state index contributed by atoms with van der Waals surface area (Å²) in [6.45, 7) is -0.228. The lowest BCUT2D eigenvalue weighted by atomic mass is 10.2. The number of fused-ring (bicyclic) bond motifs is 1. The predicted molar refractivity (Wildman–Crippen MR) is 61.4 cm³/mol. The van der Waals surface area contributed by atoms with Crippen LogP contribution in [0, 0.1) is 0 Å². The van der Waals surface area contributed by atoms with E-state index in [2.05, 4.69) is 15.1 Å². The maximum Gasteiger partial charge on any atom is 0.165 e. The first kappa shape index (κ1) is 11.3. The van der Waals surface area contributed by atoms with E-state index in [9.17, 15) is 5.11 Å². The number of hydrogen-bond acceptors (Lipinski definition) is 7. The van der Waals surface area contributed by atoms with E-state index in [1.54, 1.807) is 10.9 Å². The molecule has 1 aliphatic heterocycles. The number of aliphatic hydroxyl groups excluding tert-OH is 2. The van der Waals surface area contributed by atoms with E-state index >= 15 is 0 Å². The van der Waals surface area contributed by atoms with Crippen LogP contribution in [-0.4, -0.2) is 48.8 Å². The maximum atomic E-state index is 9.70. The summed E-state index contributed by atoms with van der Waals surface area (Å²) in [4.78, 5) is 7.98. The normalized spacial score (nSPS) is 28.0. The molecule has 4 N–H and O–H groups in total. The summed E-state index contributed by atoms with van der Waals surface area (Å²) in [5, 5.41) is 23.5. The van der Waals surface area contributed by atoms with Crippen LogP contribution in [0.4, 0.5) is 5.82 Å². The highest BCUT2D eigenvalue weighted by molar-refractivity contribution is 5.84. The quantitative estimate of drug-likeness (QED) is 0.629. The molecule has 8 heteroatoms. The van der Waals surface area contributed by atoms with Gasteiger partial charge in [-0.1, -0.05) is 0 Å². The monoisotopic (exact) mass is 251 g/mol. The van der Waals surface area contributed by atoms with Crippen molar-refractivity contribution < 1.29 is 14.9 Å². The Morgan fingerprint density at radius 2 is 2.33 bits per heavy atom. The van der Waals surface area contributed by atoms with Gasteiger partial charge >= 0.3 is 0 Å². The number of ether oxygens (including phenoxy) is 1. The molecule has 96 valence electrons. The molecular formula is C10H13N5O3. The van der Waals surface area contributed by atoms with Crippen LogP contribution in [0.3, 0.4) is 0 Å². The fraction of sp³-hybridized carbons (Fsp3) is 0.500. The minimum absolute atomic E-state index is 0.228. The molecule has 3 rings (SSSR count). The lowest BCUT2D eigenvalue weighted by Gasteiger charge is -2.12. The zero-order valence-electron chi connectivity index (χ0n) is 9.47. The highest BCUT2D eigenvalue weighted by atomic mass is 16.5. The second-order valence-corrected chi connectivity index (χ2v) is 4.20. The third-order valence-electron chi connectivity index (χ3n) is 3.08. The van der Waals surface area contributed by atoms with Crippen molar-refractivity contribution in [1.82, 2.24) is 19.7 Å².